The van der Waals surface area contributed by atoms with Crippen molar-refractivity contribution in [2.75, 3.05) is 7.11 Å². The van der Waals surface area contributed by atoms with Gasteiger partial charge in [-0.3, -0.25) is 4.79 Å². The molecule has 0 radical (unpaired) electrons. The predicted molar refractivity (Wildman–Crippen MR) is 114 cm³/mol. The van der Waals surface area contributed by atoms with Crippen LogP contribution in [0.25, 0.3) is 27.5 Å². The van der Waals surface area contributed by atoms with E-state index in [1.54, 1.807) is 6.07 Å². The zero-order valence-electron chi connectivity index (χ0n) is 15.7. The van der Waals surface area contributed by atoms with Gasteiger partial charge in [-0.2, -0.15) is 0 Å². The molecule has 1 aromatic heterocycles. The number of imidazole rings is 1. The SMILES string of the molecule is COc1ccc2ccccc2c1C(=O)NC(C=N)=C(N)c1nc2ccccc2[nH]1. The summed E-state index contributed by atoms with van der Waals surface area (Å²) < 4.78 is 5.39. The minimum absolute atomic E-state index is 0.143. The Morgan fingerprint density at radius 2 is 1.90 bits per heavy atom. The molecule has 7 nitrogen and oxygen atoms in total. The van der Waals surface area contributed by atoms with E-state index in [4.69, 9.17) is 15.9 Å². The van der Waals surface area contributed by atoms with Gasteiger partial charge in [0, 0.05) is 6.21 Å². The maximum absolute atomic E-state index is 13.1. The number of allylic oxidation sites excluding steroid dienone is 1. The number of fused-ring (bicyclic) bond motifs is 2. The lowest BCUT2D eigenvalue weighted by Crippen LogP contribution is -2.27. The Morgan fingerprint density at radius 1 is 1.14 bits per heavy atom. The highest BCUT2D eigenvalue weighted by molar-refractivity contribution is 6.11. The number of benzene rings is 3. The number of para-hydroxylation sites is 2. The minimum atomic E-state index is -0.420. The number of hydrogen-bond donors (Lipinski definition) is 4. The molecular weight excluding hydrogens is 366 g/mol. The van der Waals surface area contributed by atoms with Gasteiger partial charge in [-0.1, -0.05) is 42.5 Å². The fourth-order valence-corrected chi connectivity index (χ4v) is 3.23. The normalized spacial score (nSPS) is 11.9. The van der Waals surface area contributed by atoms with Crippen LogP contribution in [0, 0.1) is 5.41 Å². The molecule has 4 rings (SSSR count). The molecule has 1 heterocycles. The molecular formula is C22H19N5O2. The Labute approximate surface area is 166 Å². The number of methoxy groups -OCH3 is 1. The van der Waals surface area contributed by atoms with Crippen molar-refractivity contribution in [3.8, 4) is 5.75 Å². The number of aromatic nitrogens is 2. The molecule has 0 spiro atoms. The Morgan fingerprint density at radius 3 is 2.66 bits per heavy atom. The van der Waals surface area contributed by atoms with E-state index in [0.717, 1.165) is 28.0 Å². The van der Waals surface area contributed by atoms with Crippen molar-refractivity contribution in [1.82, 2.24) is 15.3 Å². The zero-order chi connectivity index (χ0) is 20.4. The van der Waals surface area contributed by atoms with Gasteiger partial charge in [-0.15, -0.1) is 0 Å². The van der Waals surface area contributed by atoms with Gasteiger partial charge in [0.25, 0.3) is 5.91 Å². The molecule has 1 amide bonds. The van der Waals surface area contributed by atoms with E-state index in [1.807, 2.05) is 54.6 Å². The van der Waals surface area contributed by atoms with Gasteiger partial charge in [0.2, 0.25) is 0 Å². The van der Waals surface area contributed by atoms with Crippen LogP contribution >= 0.6 is 0 Å². The average molecular weight is 385 g/mol. The lowest BCUT2D eigenvalue weighted by Gasteiger charge is -2.13. The van der Waals surface area contributed by atoms with Crippen molar-refractivity contribution in [3.63, 3.8) is 0 Å². The number of nitrogens with two attached hydrogens (primary N) is 1. The molecule has 0 aliphatic carbocycles. The molecule has 0 saturated carbocycles. The fraction of sp³-hybridized carbons (Fsp3) is 0.0455. The number of hydrogen-bond acceptors (Lipinski definition) is 5. The second kappa shape index (κ2) is 7.47. The molecule has 144 valence electrons. The third kappa shape index (κ3) is 3.29. The topological polar surface area (TPSA) is 117 Å². The summed E-state index contributed by atoms with van der Waals surface area (Å²) >= 11 is 0. The first-order chi connectivity index (χ1) is 14.1. The summed E-state index contributed by atoms with van der Waals surface area (Å²) in [5, 5.41) is 12.1. The Balaban J connectivity index is 1.75. The van der Waals surface area contributed by atoms with Crippen LogP contribution in [0.5, 0.6) is 5.75 Å². The number of amides is 1. The van der Waals surface area contributed by atoms with E-state index < -0.39 is 5.91 Å². The Bertz CT molecular complexity index is 1240. The van der Waals surface area contributed by atoms with Gasteiger partial charge < -0.3 is 26.2 Å². The molecule has 29 heavy (non-hydrogen) atoms. The van der Waals surface area contributed by atoms with Gasteiger partial charge in [0.1, 0.15) is 11.4 Å². The zero-order valence-corrected chi connectivity index (χ0v) is 15.7. The van der Waals surface area contributed by atoms with E-state index in [9.17, 15) is 4.79 Å². The summed E-state index contributed by atoms with van der Waals surface area (Å²) in [6.45, 7) is 0. The summed E-state index contributed by atoms with van der Waals surface area (Å²) in [6, 6.07) is 18.7. The molecule has 0 aliphatic rings. The van der Waals surface area contributed by atoms with Gasteiger partial charge in [-0.25, -0.2) is 4.98 Å². The first-order valence-electron chi connectivity index (χ1n) is 8.95. The Kier molecular flexibility index (Phi) is 4.70. The Hall–Kier alpha value is -4.13. The first kappa shape index (κ1) is 18.2. The van der Waals surface area contributed by atoms with Crippen molar-refractivity contribution in [2.45, 2.75) is 0 Å². The van der Waals surface area contributed by atoms with Crippen LogP contribution < -0.4 is 15.8 Å². The first-order valence-corrected chi connectivity index (χ1v) is 8.95. The van der Waals surface area contributed by atoms with E-state index in [-0.39, 0.29) is 11.4 Å². The van der Waals surface area contributed by atoms with Crippen LogP contribution in [0.1, 0.15) is 16.2 Å². The number of nitrogens with zero attached hydrogens (tertiary/aromatic N) is 1. The highest BCUT2D eigenvalue weighted by Crippen LogP contribution is 2.28. The van der Waals surface area contributed by atoms with Crippen LogP contribution in [0.4, 0.5) is 0 Å². The smallest absolute Gasteiger partial charge is 0.260 e. The second-order valence-electron chi connectivity index (χ2n) is 6.39. The summed E-state index contributed by atoms with van der Waals surface area (Å²) in [7, 11) is 1.51. The minimum Gasteiger partial charge on any atom is -0.496 e. The summed E-state index contributed by atoms with van der Waals surface area (Å²) in [5.41, 5.74) is 8.47. The number of ether oxygens (including phenoxy) is 1. The standard InChI is InChI=1S/C22H19N5O2/c1-29-18-11-10-13-6-2-3-7-14(13)19(18)22(28)27-17(12-23)20(24)21-25-15-8-4-5-9-16(15)26-21/h2-12,23H,24H2,1H3,(H,25,26)(H,27,28). The quantitative estimate of drug-likeness (QED) is 0.394. The second-order valence-corrected chi connectivity index (χ2v) is 6.39. The third-order valence-corrected chi connectivity index (χ3v) is 4.66. The van der Waals surface area contributed by atoms with E-state index in [0.29, 0.717) is 17.1 Å². The largest absolute Gasteiger partial charge is 0.496 e. The van der Waals surface area contributed by atoms with Crippen molar-refractivity contribution in [1.29, 1.82) is 5.41 Å². The van der Waals surface area contributed by atoms with Crippen molar-refractivity contribution in [3.05, 3.63) is 77.7 Å². The monoisotopic (exact) mass is 385 g/mol. The summed E-state index contributed by atoms with van der Waals surface area (Å²) in [5.74, 6) is 0.402. The number of H-pyrrole nitrogens is 1. The van der Waals surface area contributed by atoms with E-state index >= 15 is 0 Å². The molecule has 0 bridgehead atoms. The molecule has 0 unspecified atom stereocenters. The van der Waals surface area contributed by atoms with E-state index in [1.165, 1.54) is 7.11 Å². The highest BCUT2D eigenvalue weighted by Gasteiger charge is 2.19. The predicted octanol–water partition coefficient (Wildman–Crippen LogP) is 3.43. The highest BCUT2D eigenvalue weighted by atomic mass is 16.5. The summed E-state index contributed by atoms with van der Waals surface area (Å²) in [4.78, 5) is 20.6. The molecule has 3 aromatic carbocycles. The van der Waals surface area contributed by atoms with Crippen LogP contribution in [-0.4, -0.2) is 29.2 Å². The third-order valence-electron chi connectivity index (χ3n) is 4.66. The van der Waals surface area contributed by atoms with Gasteiger partial charge in [0.15, 0.2) is 5.82 Å². The number of carbonyl (C=O) groups is 1. The number of nitrogens with one attached hydrogen (secondary N) is 3. The molecule has 0 aliphatic heterocycles. The van der Waals surface area contributed by atoms with Crippen molar-refractivity contribution >= 4 is 39.6 Å². The van der Waals surface area contributed by atoms with Gasteiger partial charge >= 0.3 is 0 Å². The number of carbonyl (C=O) groups excluding carboxylic acids is 1. The lowest BCUT2D eigenvalue weighted by molar-refractivity contribution is 0.0967. The molecule has 4 aromatic rings. The van der Waals surface area contributed by atoms with Crippen LogP contribution in [0.15, 0.2) is 66.4 Å². The maximum atomic E-state index is 13.1. The van der Waals surface area contributed by atoms with Crippen LogP contribution in [0.2, 0.25) is 0 Å². The average Bonchev–Trinajstić information content (AvgIpc) is 3.20. The van der Waals surface area contributed by atoms with Crippen molar-refractivity contribution < 1.29 is 9.53 Å². The number of aromatic amines is 1. The van der Waals surface area contributed by atoms with Gasteiger partial charge in [-0.05, 0) is 29.0 Å². The maximum Gasteiger partial charge on any atom is 0.260 e. The molecule has 0 saturated heterocycles. The van der Waals surface area contributed by atoms with Crippen LogP contribution in [0.3, 0.4) is 0 Å². The molecule has 0 fully saturated rings. The fourth-order valence-electron chi connectivity index (χ4n) is 3.23. The summed E-state index contributed by atoms with van der Waals surface area (Å²) in [6.07, 6.45) is 0.998. The van der Waals surface area contributed by atoms with Crippen LogP contribution in [-0.2, 0) is 0 Å². The lowest BCUT2D eigenvalue weighted by atomic mass is 10.0. The van der Waals surface area contributed by atoms with Gasteiger partial charge in [0.05, 0.1) is 29.4 Å². The van der Waals surface area contributed by atoms with E-state index in [2.05, 4.69) is 15.3 Å². The molecule has 7 heteroatoms. The molecule has 0 atom stereocenters. The molecule has 5 N–H and O–H groups in total. The van der Waals surface area contributed by atoms with Crippen molar-refractivity contribution in [2.24, 2.45) is 5.73 Å². The number of rotatable bonds is 5.